The molecule has 0 spiro atoms. The minimum atomic E-state index is -0.853. The van der Waals surface area contributed by atoms with Crippen LogP contribution in [-0.2, 0) is 16.0 Å². The fourth-order valence-corrected chi connectivity index (χ4v) is 1.64. The summed E-state index contributed by atoms with van der Waals surface area (Å²) in [5.74, 6) is -2.28. The maximum Gasteiger partial charge on any atom is 0.310 e. The van der Waals surface area contributed by atoms with Gasteiger partial charge in [-0.2, -0.15) is 0 Å². The van der Waals surface area contributed by atoms with Gasteiger partial charge in [-0.3, -0.25) is 4.79 Å². The van der Waals surface area contributed by atoms with Crippen LogP contribution in [0.1, 0.15) is 25.0 Å². The Morgan fingerprint density at radius 3 is 2.50 bits per heavy atom. The third kappa shape index (κ3) is 3.99. The van der Waals surface area contributed by atoms with Gasteiger partial charge >= 0.3 is 5.97 Å². The lowest BCUT2D eigenvalue weighted by molar-refractivity contribution is -0.146. The highest BCUT2D eigenvalue weighted by atomic mass is 35.5. The van der Waals surface area contributed by atoms with Crippen molar-refractivity contribution in [2.45, 2.75) is 26.4 Å². The van der Waals surface area contributed by atoms with Crippen molar-refractivity contribution >= 4 is 34.1 Å². The summed E-state index contributed by atoms with van der Waals surface area (Å²) in [7, 11) is 0. The molecule has 0 saturated heterocycles. The zero-order chi connectivity index (χ0) is 13.9. The van der Waals surface area contributed by atoms with Crippen molar-refractivity contribution in [3.63, 3.8) is 0 Å². The number of hydrogen-bond donors (Lipinski definition) is 0. The molecule has 18 heavy (non-hydrogen) atoms. The number of thiocarbonyl (C=S) groups is 1. The molecule has 1 aromatic rings. The Hall–Kier alpha value is -1.07. The standard InChI is InChI=1S/C12H11ClF2O2S/c1-6(2)17-11(16)4-7-3-8(12(13)18)10(15)5-9(7)14/h3,5-6H,4H2,1-2H3. The number of carbonyl (C=O) groups excluding carboxylic acids is 1. The highest BCUT2D eigenvalue weighted by Crippen LogP contribution is 2.18. The van der Waals surface area contributed by atoms with E-state index in [1.54, 1.807) is 13.8 Å². The minimum Gasteiger partial charge on any atom is -0.463 e. The van der Waals surface area contributed by atoms with Gasteiger partial charge in [-0.05, 0) is 25.5 Å². The van der Waals surface area contributed by atoms with Crippen molar-refractivity contribution in [1.29, 1.82) is 0 Å². The summed E-state index contributed by atoms with van der Waals surface area (Å²) in [6, 6.07) is 1.78. The van der Waals surface area contributed by atoms with Gasteiger partial charge in [-0.15, -0.1) is 0 Å². The number of ether oxygens (including phenoxy) is 1. The molecule has 98 valence electrons. The number of esters is 1. The molecule has 0 heterocycles. The molecule has 0 aromatic heterocycles. The van der Waals surface area contributed by atoms with Crippen LogP contribution in [0.5, 0.6) is 0 Å². The number of rotatable bonds is 4. The fraction of sp³-hybridized carbons (Fsp3) is 0.333. The second-order valence-electron chi connectivity index (χ2n) is 3.91. The lowest BCUT2D eigenvalue weighted by Gasteiger charge is -2.09. The average molecular weight is 293 g/mol. The van der Waals surface area contributed by atoms with E-state index in [1.165, 1.54) is 0 Å². The van der Waals surface area contributed by atoms with Crippen molar-refractivity contribution < 1.29 is 18.3 Å². The smallest absolute Gasteiger partial charge is 0.310 e. The van der Waals surface area contributed by atoms with E-state index in [4.69, 9.17) is 16.3 Å². The Morgan fingerprint density at radius 1 is 1.39 bits per heavy atom. The van der Waals surface area contributed by atoms with E-state index in [-0.39, 0.29) is 28.0 Å². The van der Waals surface area contributed by atoms with Crippen molar-refractivity contribution in [3.05, 3.63) is 34.9 Å². The molecule has 0 unspecified atom stereocenters. The highest BCUT2D eigenvalue weighted by molar-refractivity contribution is 7.83. The van der Waals surface area contributed by atoms with Gasteiger partial charge in [0.25, 0.3) is 0 Å². The van der Waals surface area contributed by atoms with E-state index in [2.05, 4.69) is 12.2 Å². The van der Waals surface area contributed by atoms with Crippen molar-refractivity contribution in [2.75, 3.05) is 0 Å². The molecule has 0 saturated carbocycles. The Bertz CT molecular complexity index is 489. The summed E-state index contributed by atoms with van der Waals surface area (Å²) >= 11 is 10.1. The molecule has 0 bridgehead atoms. The van der Waals surface area contributed by atoms with Gasteiger partial charge in [0.05, 0.1) is 12.5 Å². The van der Waals surface area contributed by atoms with Crippen LogP contribution in [0.25, 0.3) is 0 Å². The summed E-state index contributed by atoms with van der Waals surface area (Å²) in [6.45, 7) is 3.36. The van der Waals surface area contributed by atoms with Crippen molar-refractivity contribution in [3.8, 4) is 0 Å². The maximum atomic E-state index is 13.5. The summed E-state index contributed by atoms with van der Waals surface area (Å²) < 4.78 is 31.4. The minimum absolute atomic E-state index is 0.0000463. The summed E-state index contributed by atoms with van der Waals surface area (Å²) in [4.78, 5) is 11.4. The van der Waals surface area contributed by atoms with Gasteiger partial charge in [-0.1, -0.05) is 23.8 Å². The van der Waals surface area contributed by atoms with Crippen LogP contribution in [0.3, 0.4) is 0 Å². The van der Waals surface area contributed by atoms with E-state index < -0.39 is 17.6 Å². The van der Waals surface area contributed by atoms with Gasteiger partial charge in [-0.25, -0.2) is 8.78 Å². The topological polar surface area (TPSA) is 26.3 Å². The largest absolute Gasteiger partial charge is 0.463 e. The van der Waals surface area contributed by atoms with Gasteiger partial charge < -0.3 is 4.74 Å². The number of hydrogen-bond acceptors (Lipinski definition) is 3. The monoisotopic (exact) mass is 292 g/mol. The molecule has 0 amide bonds. The molecular weight excluding hydrogens is 282 g/mol. The molecule has 0 aliphatic heterocycles. The molecule has 1 rings (SSSR count). The third-order valence-electron chi connectivity index (χ3n) is 2.05. The Balaban J connectivity index is 2.99. The Morgan fingerprint density at radius 2 is 2.00 bits per heavy atom. The summed E-state index contributed by atoms with van der Waals surface area (Å²) in [6.07, 6.45) is -0.592. The molecule has 0 radical (unpaired) electrons. The predicted octanol–water partition coefficient (Wildman–Crippen LogP) is 3.37. The first kappa shape index (κ1) is 15.0. The zero-order valence-electron chi connectivity index (χ0n) is 9.80. The lowest BCUT2D eigenvalue weighted by atomic mass is 10.1. The van der Waals surface area contributed by atoms with E-state index >= 15 is 0 Å². The molecular formula is C12H11ClF2O2S. The Labute approximate surface area is 114 Å². The van der Waals surface area contributed by atoms with Gasteiger partial charge in [0.15, 0.2) is 0 Å². The summed E-state index contributed by atoms with van der Waals surface area (Å²) in [5, 5.41) is 0. The number of halogens is 3. The normalized spacial score (nSPS) is 10.6. The van der Waals surface area contributed by atoms with E-state index in [0.717, 1.165) is 6.07 Å². The van der Waals surface area contributed by atoms with Crippen molar-refractivity contribution in [1.82, 2.24) is 0 Å². The van der Waals surface area contributed by atoms with Crippen molar-refractivity contribution in [2.24, 2.45) is 0 Å². The Kier molecular flexibility index (Phi) is 5.16. The molecule has 6 heteroatoms. The van der Waals surface area contributed by atoms with Crippen LogP contribution in [0.15, 0.2) is 12.1 Å². The van der Waals surface area contributed by atoms with E-state index in [1.807, 2.05) is 0 Å². The maximum absolute atomic E-state index is 13.5. The second-order valence-corrected chi connectivity index (χ2v) is 4.92. The number of benzene rings is 1. The molecule has 0 aliphatic carbocycles. The molecule has 0 fully saturated rings. The third-order valence-corrected chi connectivity index (χ3v) is 2.47. The van der Waals surface area contributed by atoms with Gasteiger partial charge in [0, 0.05) is 11.6 Å². The highest BCUT2D eigenvalue weighted by Gasteiger charge is 2.16. The average Bonchev–Trinajstić information content (AvgIpc) is 2.20. The first-order valence-corrected chi connectivity index (χ1v) is 5.97. The SMILES string of the molecule is CC(C)OC(=O)Cc1cc(C(=S)Cl)c(F)cc1F. The molecule has 1 aromatic carbocycles. The fourth-order valence-electron chi connectivity index (χ4n) is 1.34. The quantitative estimate of drug-likeness (QED) is 0.483. The van der Waals surface area contributed by atoms with E-state index in [9.17, 15) is 13.6 Å². The molecule has 2 nitrogen and oxygen atoms in total. The van der Waals surface area contributed by atoms with Crippen LogP contribution in [0.2, 0.25) is 0 Å². The number of carbonyl (C=O) groups is 1. The van der Waals surface area contributed by atoms with Crippen LogP contribution in [-0.4, -0.2) is 16.4 Å². The van der Waals surface area contributed by atoms with Crippen LogP contribution >= 0.6 is 23.8 Å². The van der Waals surface area contributed by atoms with E-state index in [0.29, 0.717) is 6.07 Å². The van der Waals surface area contributed by atoms with Crippen LogP contribution < -0.4 is 0 Å². The predicted molar refractivity (Wildman–Crippen MR) is 68.8 cm³/mol. The first-order valence-electron chi connectivity index (χ1n) is 5.18. The zero-order valence-corrected chi connectivity index (χ0v) is 11.4. The lowest BCUT2D eigenvalue weighted by Crippen LogP contribution is -2.15. The first-order chi connectivity index (χ1) is 8.31. The van der Waals surface area contributed by atoms with Gasteiger partial charge in [0.1, 0.15) is 16.0 Å². The molecule has 0 atom stereocenters. The molecule has 0 aliphatic rings. The molecule has 0 N–H and O–H groups in total. The van der Waals surface area contributed by atoms with Crippen LogP contribution in [0, 0.1) is 11.6 Å². The van der Waals surface area contributed by atoms with Crippen LogP contribution in [0.4, 0.5) is 8.78 Å². The second kappa shape index (κ2) is 6.20. The van der Waals surface area contributed by atoms with Gasteiger partial charge in [0.2, 0.25) is 0 Å². The summed E-state index contributed by atoms with van der Waals surface area (Å²) in [5.41, 5.74) is -0.0968.